The lowest BCUT2D eigenvalue weighted by molar-refractivity contribution is 0.511. The van der Waals surface area contributed by atoms with Crippen LogP contribution in [0.15, 0.2) is 18.2 Å². The molecule has 0 unspecified atom stereocenters. The quantitative estimate of drug-likeness (QED) is 0.894. The van der Waals surface area contributed by atoms with Gasteiger partial charge in [0.25, 0.3) is 0 Å². The summed E-state index contributed by atoms with van der Waals surface area (Å²) in [4.78, 5) is 4.72. The smallest absolute Gasteiger partial charge is 0.0751 e. The Bertz CT molecular complexity index is 597. The van der Waals surface area contributed by atoms with Gasteiger partial charge in [0, 0.05) is 28.1 Å². The summed E-state index contributed by atoms with van der Waals surface area (Å²) in [6.45, 7) is 8.14. The Hall–Kier alpha value is -1.12. The number of hydrogen-bond donors (Lipinski definition) is 1. The number of nitrogens with zero attached hydrogens (tertiary/aromatic N) is 1. The molecule has 0 aliphatic heterocycles. The molecule has 96 valence electrons. The van der Waals surface area contributed by atoms with Gasteiger partial charge >= 0.3 is 0 Å². The molecule has 3 heteroatoms. The number of nitrogens with two attached hydrogens (primary N) is 1. The van der Waals surface area contributed by atoms with Crippen LogP contribution in [0.25, 0.3) is 10.9 Å². The van der Waals surface area contributed by atoms with Crippen molar-refractivity contribution in [1.82, 2.24) is 4.98 Å². The van der Waals surface area contributed by atoms with Gasteiger partial charge in [0.2, 0.25) is 0 Å². The predicted octanol–water partition coefficient (Wildman–Crippen LogP) is 3.78. The fraction of sp³-hybridized carbons (Fsp3) is 0.400. The Morgan fingerprint density at radius 1 is 1.28 bits per heavy atom. The Morgan fingerprint density at radius 2 is 1.94 bits per heavy atom. The van der Waals surface area contributed by atoms with E-state index in [9.17, 15) is 0 Å². The van der Waals surface area contributed by atoms with E-state index in [0.29, 0.717) is 0 Å². The average Bonchev–Trinajstić information content (AvgIpc) is 2.21. The number of aromatic nitrogens is 1. The van der Waals surface area contributed by atoms with Crippen molar-refractivity contribution < 1.29 is 0 Å². The zero-order chi connectivity index (χ0) is 13.5. The van der Waals surface area contributed by atoms with Crippen LogP contribution in [-0.2, 0) is 6.42 Å². The third-order valence-corrected chi connectivity index (χ3v) is 3.47. The number of rotatable bonds is 2. The largest absolute Gasteiger partial charge is 0.325 e. The van der Waals surface area contributed by atoms with Gasteiger partial charge in [-0.1, -0.05) is 17.7 Å². The lowest BCUT2D eigenvalue weighted by Gasteiger charge is -2.19. The fourth-order valence-electron chi connectivity index (χ4n) is 2.20. The standard InChI is InChI=1S/C15H19ClN2/c1-9-7-11(8-15(3,4)17)18-14-10(2)13(16)6-5-12(9)14/h5-7H,8,17H2,1-4H3. The third-order valence-electron chi connectivity index (χ3n) is 3.06. The van der Waals surface area contributed by atoms with Crippen LogP contribution in [-0.4, -0.2) is 10.5 Å². The monoisotopic (exact) mass is 262 g/mol. The van der Waals surface area contributed by atoms with E-state index >= 15 is 0 Å². The van der Waals surface area contributed by atoms with Crippen molar-refractivity contribution in [2.24, 2.45) is 5.73 Å². The van der Waals surface area contributed by atoms with Gasteiger partial charge in [0.15, 0.2) is 0 Å². The molecule has 2 aromatic rings. The summed E-state index contributed by atoms with van der Waals surface area (Å²) in [5.74, 6) is 0. The van der Waals surface area contributed by atoms with Gasteiger partial charge in [-0.25, -0.2) is 0 Å². The Labute approximate surface area is 113 Å². The second kappa shape index (κ2) is 4.52. The molecule has 0 spiro atoms. The first kappa shape index (κ1) is 13.3. The number of aryl methyl sites for hydroxylation is 2. The van der Waals surface area contributed by atoms with Crippen LogP contribution in [0, 0.1) is 13.8 Å². The topological polar surface area (TPSA) is 38.9 Å². The molecule has 2 rings (SSSR count). The van der Waals surface area contributed by atoms with Crippen LogP contribution in [0.2, 0.25) is 5.02 Å². The van der Waals surface area contributed by atoms with Crippen molar-refractivity contribution in [3.8, 4) is 0 Å². The lowest BCUT2D eigenvalue weighted by atomic mass is 9.97. The molecule has 0 amide bonds. The zero-order valence-electron chi connectivity index (χ0n) is 11.3. The van der Waals surface area contributed by atoms with Gasteiger partial charge in [-0.05, 0) is 51.0 Å². The van der Waals surface area contributed by atoms with E-state index in [-0.39, 0.29) is 5.54 Å². The minimum atomic E-state index is -0.250. The molecule has 1 aromatic carbocycles. The molecule has 2 N–H and O–H groups in total. The van der Waals surface area contributed by atoms with Crippen LogP contribution in [0.3, 0.4) is 0 Å². The lowest BCUT2D eigenvalue weighted by Crippen LogP contribution is -2.34. The minimum Gasteiger partial charge on any atom is -0.325 e. The van der Waals surface area contributed by atoms with Gasteiger partial charge in [-0.2, -0.15) is 0 Å². The van der Waals surface area contributed by atoms with Crippen LogP contribution in [0.1, 0.15) is 30.7 Å². The van der Waals surface area contributed by atoms with Crippen molar-refractivity contribution in [1.29, 1.82) is 0 Å². The van der Waals surface area contributed by atoms with Crippen molar-refractivity contribution >= 4 is 22.5 Å². The first-order valence-corrected chi connectivity index (χ1v) is 6.50. The Morgan fingerprint density at radius 3 is 2.56 bits per heavy atom. The van der Waals surface area contributed by atoms with E-state index in [4.69, 9.17) is 22.3 Å². The molecular formula is C15H19ClN2. The molecule has 1 heterocycles. The van der Waals surface area contributed by atoms with Gasteiger partial charge in [0.05, 0.1) is 5.52 Å². The fourth-order valence-corrected chi connectivity index (χ4v) is 2.35. The number of hydrogen-bond acceptors (Lipinski definition) is 2. The van der Waals surface area contributed by atoms with Crippen molar-refractivity contribution in [3.63, 3.8) is 0 Å². The van der Waals surface area contributed by atoms with Crippen LogP contribution < -0.4 is 5.73 Å². The molecule has 18 heavy (non-hydrogen) atoms. The van der Waals surface area contributed by atoms with Gasteiger partial charge in [-0.3, -0.25) is 4.98 Å². The van der Waals surface area contributed by atoms with Gasteiger partial charge in [-0.15, -0.1) is 0 Å². The molecule has 0 aliphatic carbocycles. The third kappa shape index (κ3) is 2.65. The molecule has 0 saturated carbocycles. The van der Waals surface area contributed by atoms with Crippen molar-refractivity contribution in [2.75, 3.05) is 0 Å². The number of benzene rings is 1. The van der Waals surface area contributed by atoms with E-state index in [1.54, 1.807) is 0 Å². The second-order valence-corrected chi connectivity index (χ2v) is 6.07. The van der Waals surface area contributed by atoms with Crippen molar-refractivity contribution in [3.05, 3.63) is 40.0 Å². The summed E-state index contributed by atoms with van der Waals surface area (Å²) in [7, 11) is 0. The highest BCUT2D eigenvalue weighted by Gasteiger charge is 2.15. The summed E-state index contributed by atoms with van der Waals surface area (Å²) in [5.41, 5.74) is 10.1. The average molecular weight is 263 g/mol. The van der Waals surface area contributed by atoms with E-state index in [1.807, 2.05) is 32.9 Å². The van der Waals surface area contributed by atoms with E-state index in [1.165, 1.54) is 5.56 Å². The molecule has 0 atom stereocenters. The molecular weight excluding hydrogens is 244 g/mol. The zero-order valence-corrected chi connectivity index (χ0v) is 12.1. The van der Waals surface area contributed by atoms with Crippen LogP contribution in [0.5, 0.6) is 0 Å². The number of fused-ring (bicyclic) bond motifs is 1. The SMILES string of the molecule is Cc1cc(CC(C)(C)N)nc2c(C)c(Cl)ccc12. The molecule has 1 aromatic heterocycles. The molecule has 2 nitrogen and oxygen atoms in total. The normalized spacial score (nSPS) is 12.1. The molecule has 0 radical (unpaired) electrons. The number of halogens is 1. The summed E-state index contributed by atoms with van der Waals surface area (Å²) in [6, 6.07) is 6.08. The minimum absolute atomic E-state index is 0.250. The van der Waals surface area contributed by atoms with Crippen molar-refractivity contribution in [2.45, 2.75) is 39.7 Å². The predicted molar refractivity (Wildman–Crippen MR) is 78.2 cm³/mol. The molecule has 0 fully saturated rings. The first-order valence-electron chi connectivity index (χ1n) is 6.12. The van der Waals surface area contributed by atoms with Gasteiger partial charge in [0.1, 0.15) is 0 Å². The highest BCUT2D eigenvalue weighted by atomic mass is 35.5. The van der Waals surface area contributed by atoms with E-state index < -0.39 is 0 Å². The van der Waals surface area contributed by atoms with Gasteiger partial charge < -0.3 is 5.73 Å². The maximum atomic E-state index is 6.16. The summed E-state index contributed by atoms with van der Waals surface area (Å²) in [6.07, 6.45) is 0.760. The van der Waals surface area contributed by atoms with E-state index in [0.717, 1.165) is 33.6 Å². The highest BCUT2D eigenvalue weighted by Crippen LogP contribution is 2.27. The summed E-state index contributed by atoms with van der Waals surface area (Å²) in [5, 5.41) is 1.93. The molecule has 0 saturated heterocycles. The maximum absolute atomic E-state index is 6.16. The molecule has 0 bridgehead atoms. The highest BCUT2D eigenvalue weighted by molar-refractivity contribution is 6.32. The number of pyridine rings is 1. The van der Waals surface area contributed by atoms with E-state index in [2.05, 4.69) is 13.0 Å². The Balaban J connectivity index is 2.63. The molecule has 0 aliphatic rings. The summed E-state index contributed by atoms with van der Waals surface area (Å²) < 4.78 is 0. The van der Waals surface area contributed by atoms with Crippen LogP contribution in [0.4, 0.5) is 0 Å². The Kier molecular flexibility index (Phi) is 3.35. The summed E-state index contributed by atoms with van der Waals surface area (Å²) >= 11 is 6.16. The first-order chi connectivity index (χ1) is 8.28. The maximum Gasteiger partial charge on any atom is 0.0751 e. The second-order valence-electron chi connectivity index (χ2n) is 5.66. The van der Waals surface area contributed by atoms with Crippen LogP contribution >= 0.6 is 11.6 Å².